The molecule has 0 bridgehead atoms. The Morgan fingerprint density at radius 2 is 2.19 bits per heavy atom. The maximum Gasteiger partial charge on any atom is 0.334 e. The SMILES string of the molecule is COCOC/C(C)=C/CCC1=CC(C/C(C)=C/I)OC1=O. The van der Waals surface area contributed by atoms with Crippen LogP contribution in [0.3, 0.4) is 0 Å². The summed E-state index contributed by atoms with van der Waals surface area (Å²) in [6.45, 7) is 4.90. The van der Waals surface area contributed by atoms with Gasteiger partial charge >= 0.3 is 5.97 Å². The first-order chi connectivity index (χ1) is 10.1. The van der Waals surface area contributed by atoms with Crippen molar-refractivity contribution >= 4 is 28.6 Å². The number of cyclic esters (lactones) is 1. The summed E-state index contributed by atoms with van der Waals surface area (Å²) in [6.07, 6.45) is 6.25. The lowest BCUT2D eigenvalue weighted by Crippen LogP contribution is -2.08. The van der Waals surface area contributed by atoms with E-state index < -0.39 is 0 Å². The van der Waals surface area contributed by atoms with E-state index >= 15 is 0 Å². The number of hydrogen-bond donors (Lipinski definition) is 0. The maximum atomic E-state index is 11.8. The van der Waals surface area contributed by atoms with Crippen molar-refractivity contribution in [2.75, 3.05) is 20.5 Å². The standard InChI is InChI=1S/C16H23IO4/c1-12(10-20-11-19-3)5-4-6-14-8-15(21-16(14)18)7-13(2)9-17/h5,8-9,15H,4,6-7,10-11H2,1-3H3/b12-5+,13-9+. The molecule has 0 fully saturated rings. The monoisotopic (exact) mass is 406 g/mol. The maximum absolute atomic E-state index is 11.8. The zero-order chi connectivity index (χ0) is 15.7. The van der Waals surface area contributed by atoms with Crippen LogP contribution in [-0.2, 0) is 19.0 Å². The molecule has 0 aromatic rings. The second-order valence-electron chi connectivity index (χ2n) is 5.14. The molecule has 0 aromatic heterocycles. The largest absolute Gasteiger partial charge is 0.454 e. The van der Waals surface area contributed by atoms with Crippen LogP contribution in [0.15, 0.2) is 33.0 Å². The molecular formula is C16H23IO4. The molecule has 0 N–H and O–H groups in total. The quantitative estimate of drug-likeness (QED) is 0.192. The predicted molar refractivity (Wildman–Crippen MR) is 91.2 cm³/mol. The Hall–Kier alpha value is -0.660. The van der Waals surface area contributed by atoms with Gasteiger partial charge in [0.1, 0.15) is 12.9 Å². The van der Waals surface area contributed by atoms with Gasteiger partial charge in [0.2, 0.25) is 0 Å². The molecule has 0 amide bonds. The molecule has 0 saturated carbocycles. The molecule has 1 aliphatic rings. The van der Waals surface area contributed by atoms with Crippen LogP contribution in [0, 0.1) is 0 Å². The van der Waals surface area contributed by atoms with E-state index in [1.54, 1.807) is 7.11 Å². The van der Waals surface area contributed by atoms with E-state index in [1.807, 2.05) is 24.0 Å². The van der Waals surface area contributed by atoms with Crippen LogP contribution in [0.5, 0.6) is 0 Å². The fourth-order valence-electron chi connectivity index (χ4n) is 2.01. The summed E-state index contributed by atoms with van der Waals surface area (Å²) >= 11 is 2.20. The highest BCUT2D eigenvalue weighted by molar-refractivity contribution is 14.1. The molecule has 0 aromatic carbocycles. The molecule has 0 spiro atoms. The number of rotatable bonds is 9. The molecule has 5 heteroatoms. The zero-order valence-corrected chi connectivity index (χ0v) is 15.0. The van der Waals surface area contributed by atoms with E-state index in [9.17, 15) is 4.79 Å². The Bertz CT molecular complexity index is 438. The van der Waals surface area contributed by atoms with Gasteiger partial charge in [-0.2, -0.15) is 0 Å². The van der Waals surface area contributed by atoms with Crippen LogP contribution in [0.4, 0.5) is 0 Å². The molecule has 1 heterocycles. The Kier molecular flexibility index (Phi) is 8.87. The van der Waals surface area contributed by atoms with Crippen molar-refractivity contribution in [3.05, 3.63) is 33.0 Å². The van der Waals surface area contributed by atoms with Gasteiger partial charge < -0.3 is 14.2 Å². The van der Waals surface area contributed by atoms with Crippen LogP contribution in [-0.4, -0.2) is 32.6 Å². The Balaban J connectivity index is 2.38. The first kappa shape index (κ1) is 18.4. The second-order valence-corrected chi connectivity index (χ2v) is 5.76. The van der Waals surface area contributed by atoms with Crippen molar-refractivity contribution in [2.45, 2.75) is 39.2 Å². The Morgan fingerprint density at radius 3 is 2.86 bits per heavy atom. The van der Waals surface area contributed by atoms with Crippen LogP contribution in [0.25, 0.3) is 0 Å². The third-order valence-corrected chi connectivity index (χ3v) is 4.12. The smallest absolute Gasteiger partial charge is 0.334 e. The number of ether oxygens (including phenoxy) is 3. The molecule has 4 nitrogen and oxygen atoms in total. The van der Waals surface area contributed by atoms with Crippen molar-refractivity contribution in [3.63, 3.8) is 0 Å². The summed E-state index contributed by atoms with van der Waals surface area (Å²) in [4.78, 5) is 11.8. The van der Waals surface area contributed by atoms with Crippen LogP contribution in [0.1, 0.15) is 33.1 Å². The van der Waals surface area contributed by atoms with Crippen molar-refractivity contribution in [3.8, 4) is 0 Å². The first-order valence-electron chi connectivity index (χ1n) is 6.96. The second kappa shape index (κ2) is 10.1. The minimum atomic E-state index is -0.178. The number of methoxy groups -OCH3 is 1. The lowest BCUT2D eigenvalue weighted by atomic mass is 10.1. The number of carbonyl (C=O) groups is 1. The lowest BCUT2D eigenvalue weighted by molar-refractivity contribution is -0.139. The predicted octanol–water partition coefficient (Wildman–Crippen LogP) is 3.91. The van der Waals surface area contributed by atoms with Gasteiger partial charge in [-0.25, -0.2) is 4.79 Å². The molecule has 118 valence electrons. The van der Waals surface area contributed by atoms with Gasteiger partial charge in [-0.1, -0.05) is 39.8 Å². The topological polar surface area (TPSA) is 44.8 Å². The normalized spacial score (nSPS) is 19.7. The number of carbonyl (C=O) groups excluding carboxylic acids is 1. The highest BCUT2D eigenvalue weighted by atomic mass is 127. The van der Waals surface area contributed by atoms with Crippen molar-refractivity contribution in [1.82, 2.24) is 0 Å². The van der Waals surface area contributed by atoms with Crippen LogP contribution < -0.4 is 0 Å². The number of allylic oxidation sites excluding steroid dienone is 1. The average Bonchev–Trinajstić information content (AvgIpc) is 2.79. The zero-order valence-electron chi connectivity index (χ0n) is 12.9. The van der Waals surface area contributed by atoms with Crippen molar-refractivity contribution in [2.24, 2.45) is 0 Å². The Morgan fingerprint density at radius 1 is 1.43 bits per heavy atom. The van der Waals surface area contributed by atoms with E-state index in [1.165, 1.54) is 5.57 Å². The van der Waals surface area contributed by atoms with E-state index in [-0.39, 0.29) is 12.1 Å². The first-order valence-corrected chi connectivity index (χ1v) is 8.21. The molecule has 1 unspecified atom stereocenters. The van der Waals surface area contributed by atoms with Gasteiger partial charge in [0.25, 0.3) is 0 Å². The van der Waals surface area contributed by atoms with Gasteiger partial charge in [-0.05, 0) is 36.8 Å². The fourth-order valence-corrected chi connectivity index (χ4v) is 2.26. The molecule has 0 radical (unpaired) electrons. The Labute approximate surface area is 140 Å². The molecule has 0 saturated heterocycles. The highest BCUT2D eigenvalue weighted by Gasteiger charge is 2.24. The van der Waals surface area contributed by atoms with E-state index in [4.69, 9.17) is 14.2 Å². The third-order valence-electron chi connectivity index (χ3n) is 3.05. The van der Waals surface area contributed by atoms with Gasteiger partial charge in [-0.3, -0.25) is 0 Å². The van der Waals surface area contributed by atoms with Crippen LogP contribution in [0.2, 0.25) is 0 Å². The number of esters is 1. The van der Waals surface area contributed by atoms with E-state index in [2.05, 4.69) is 28.7 Å². The average molecular weight is 406 g/mol. The fraction of sp³-hybridized carbons (Fsp3) is 0.562. The molecule has 1 aliphatic heterocycles. The highest BCUT2D eigenvalue weighted by Crippen LogP contribution is 2.23. The van der Waals surface area contributed by atoms with E-state index in [0.29, 0.717) is 19.8 Å². The molecule has 0 aliphatic carbocycles. The van der Waals surface area contributed by atoms with Gasteiger partial charge in [0.05, 0.1) is 6.61 Å². The summed E-state index contributed by atoms with van der Waals surface area (Å²) in [5.74, 6) is -0.178. The molecule has 1 rings (SSSR count). The minimum Gasteiger partial charge on any atom is -0.454 e. The molecule has 21 heavy (non-hydrogen) atoms. The van der Waals surface area contributed by atoms with Crippen molar-refractivity contribution in [1.29, 1.82) is 0 Å². The summed E-state index contributed by atoms with van der Waals surface area (Å²) in [7, 11) is 1.60. The van der Waals surface area contributed by atoms with Gasteiger partial charge in [0.15, 0.2) is 0 Å². The van der Waals surface area contributed by atoms with Gasteiger partial charge in [0, 0.05) is 19.1 Å². The number of hydrogen-bond acceptors (Lipinski definition) is 4. The molecule has 1 atom stereocenters. The lowest BCUT2D eigenvalue weighted by Gasteiger charge is -2.06. The summed E-state index contributed by atoms with van der Waals surface area (Å²) in [5, 5.41) is 0. The van der Waals surface area contributed by atoms with Crippen molar-refractivity contribution < 1.29 is 19.0 Å². The molecular weight excluding hydrogens is 383 g/mol. The minimum absolute atomic E-state index is 0.103. The summed E-state index contributed by atoms with van der Waals surface area (Å²) in [5.41, 5.74) is 3.14. The van der Waals surface area contributed by atoms with Crippen LogP contribution >= 0.6 is 22.6 Å². The summed E-state index contributed by atoms with van der Waals surface area (Å²) in [6, 6.07) is 0. The van der Waals surface area contributed by atoms with E-state index in [0.717, 1.165) is 24.0 Å². The number of halogens is 1. The summed E-state index contributed by atoms with van der Waals surface area (Å²) < 4.78 is 17.4. The third kappa shape index (κ3) is 7.24. The van der Waals surface area contributed by atoms with Gasteiger partial charge in [-0.15, -0.1) is 0 Å².